The molecular formula is C10H23NO. The van der Waals surface area contributed by atoms with Crippen LogP contribution in [0.15, 0.2) is 12.2 Å². The Hall–Kier alpha value is -0.340. The summed E-state index contributed by atoms with van der Waals surface area (Å²) in [5, 5.41) is 3.16. The topological polar surface area (TPSA) is 21.3 Å². The van der Waals surface area contributed by atoms with Crippen molar-refractivity contribution in [2.24, 2.45) is 0 Å². The Morgan fingerprint density at radius 2 is 1.50 bits per heavy atom. The molecule has 1 fully saturated rings. The van der Waals surface area contributed by atoms with Gasteiger partial charge in [0.2, 0.25) is 0 Å². The van der Waals surface area contributed by atoms with Gasteiger partial charge in [0.25, 0.3) is 0 Å². The summed E-state index contributed by atoms with van der Waals surface area (Å²) >= 11 is 0. The van der Waals surface area contributed by atoms with Crippen LogP contribution in [0.3, 0.4) is 0 Å². The molecule has 1 saturated heterocycles. The second-order valence-corrected chi connectivity index (χ2v) is 2.57. The van der Waals surface area contributed by atoms with E-state index in [4.69, 9.17) is 4.74 Å². The quantitative estimate of drug-likeness (QED) is 0.567. The summed E-state index contributed by atoms with van der Waals surface area (Å²) in [6.45, 7) is 15.3. The lowest BCUT2D eigenvalue weighted by molar-refractivity contribution is 0.109. The van der Waals surface area contributed by atoms with Gasteiger partial charge in [-0.15, -0.1) is 6.58 Å². The fourth-order valence-corrected chi connectivity index (χ4v) is 0.516. The Morgan fingerprint density at radius 3 is 1.58 bits per heavy atom. The van der Waals surface area contributed by atoms with Crippen molar-refractivity contribution in [1.29, 1.82) is 0 Å². The third-order valence-electron chi connectivity index (χ3n) is 0.846. The van der Waals surface area contributed by atoms with E-state index in [0.717, 1.165) is 26.3 Å². The van der Waals surface area contributed by atoms with E-state index in [1.54, 1.807) is 0 Å². The summed E-state index contributed by atoms with van der Waals surface area (Å²) < 4.78 is 5.01. The minimum Gasteiger partial charge on any atom is -0.379 e. The van der Waals surface area contributed by atoms with E-state index in [1.807, 2.05) is 27.7 Å². The molecule has 0 aromatic heterocycles. The van der Waals surface area contributed by atoms with E-state index in [0.29, 0.717) is 0 Å². The number of nitrogens with one attached hydrogen (secondary N) is 1. The molecule has 1 aliphatic rings. The zero-order chi connectivity index (χ0) is 9.82. The Balaban J connectivity index is 0. The van der Waals surface area contributed by atoms with Crippen LogP contribution < -0.4 is 5.32 Å². The molecule has 0 aliphatic carbocycles. The molecule has 0 spiro atoms. The highest BCUT2D eigenvalue weighted by Crippen LogP contribution is 1.76. The molecule has 12 heavy (non-hydrogen) atoms. The Kier molecular flexibility index (Phi) is 15.7. The van der Waals surface area contributed by atoms with Gasteiger partial charge in [0, 0.05) is 13.1 Å². The average Bonchev–Trinajstić information content (AvgIpc) is 2.10. The first kappa shape index (κ1) is 14.2. The molecule has 74 valence electrons. The van der Waals surface area contributed by atoms with Gasteiger partial charge in [0.05, 0.1) is 13.2 Å². The van der Waals surface area contributed by atoms with Crippen molar-refractivity contribution in [2.45, 2.75) is 27.7 Å². The predicted octanol–water partition coefficient (Wildman–Crippen LogP) is 2.21. The van der Waals surface area contributed by atoms with E-state index in [2.05, 4.69) is 11.9 Å². The van der Waals surface area contributed by atoms with Gasteiger partial charge < -0.3 is 10.1 Å². The van der Waals surface area contributed by atoms with Crippen molar-refractivity contribution >= 4 is 0 Å². The number of hydrogen-bond donors (Lipinski definition) is 1. The Labute approximate surface area is 77.0 Å². The molecule has 1 N–H and O–H groups in total. The summed E-state index contributed by atoms with van der Waals surface area (Å²) in [6, 6.07) is 0. The van der Waals surface area contributed by atoms with Crippen LogP contribution in [0.2, 0.25) is 0 Å². The summed E-state index contributed by atoms with van der Waals surface area (Å²) in [5.74, 6) is 0. The predicted molar refractivity (Wildman–Crippen MR) is 55.5 cm³/mol. The van der Waals surface area contributed by atoms with Crippen molar-refractivity contribution in [3.05, 3.63) is 12.2 Å². The molecule has 0 radical (unpaired) electrons. The van der Waals surface area contributed by atoms with Crippen molar-refractivity contribution in [2.75, 3.05) is 26.3 Å². The first-order valence-corrected chi connectivity index (χ1v) is 4.64. The molecule has 0 bridgehead atoms. The number of morpholine rings is 1. The lowest BCUT2D eigenvalue weighted by atomic mass is 10.4. The molecular weight excluding hydrogens is 150 g/mol. The van der Waals surface area contributed by atoms with Crippen molar-refractivity contribution < 1.29 is 4.74 Å². The standard InChI is InChI=1S/C4H9NO.C4H8.C2H6/c1-3-6-4-2-5-1;1-4(2)3;1-2/h5H,1-4H2;1H2,2-3H3;1-2H3. The monoisotopic (exact) mass is 173 g/mol. The summed E-state index contributed by atoms with van der Waals surface area (Å²) in [7, 11) is 0. The number of allylic oxidation sites excluding steroid dienone is 1. The third kappa shape index (κ3) is 22.6. The van der Waals surface area contributed by atoms with Gasteiger partial charge in [-0.2, -0.15) is 0 Å². The van der Waals surface area contributed by atoms with Crippen molar-refractivity contribution in [3.8, 4) is 0 Å². The minimum atomic E-state index is 0.889. The fourth-order valence-electron chi connectivity index (χ4n) is 0.516. The highest BCUT2D eigenvalue weighted by molar-refractivity contribution is 4.78. The molecule has 0 saturated carbocycles. The van der Waals surface area contributed by atoms with Crippen LogP contribution in [0.1, 0.15) is 27.7 Å². The van der Waals surface area contributed by atoms with Crippen molar-refractivity contribution in [1.82, 2.24) is 5.32 Å². The second kappa shape index (κ2) is 13.3. The molecule has 0 amide bonds. The number of ether oxygens (including phenoxy) is 1. The molecule has 2 heteroatoms. The molecule has 2 nitrogen and oxygen atoms in total. The smallest absolute Gasteiger partial charge is 0.0591 e. The highest BCUT2D eigenvalue weighted by Gasteiger charge is 1.92. The number of rotatable bonds is 0. The lowest BCUT2D eigenvalue weighted by Gasteiger charge is -2.10. The zero-order valence-corrected chi connectivity index (χ0v) is 8.94. The van der Waals surface area contributed by atoms with E-state index in [1.165, 1.54) is 5.57 Å². The average molecular weight is 173 g/mol. The van der Waals surface area contributed by atoms with Gasteiger partial charge in [-0.3, -0.25) is 0 Å². The SMILES string of the molecule is C1COCCN1.C=C(C)C.CC. The molecule has 0 atom stereocenters. The fraction of sp³-hybridized carbons (Fsp3) is 0.800. The van der Waals surface area contributed by atoms with Crippen LogP contribution in [-0.4, -0.2) is 26.3 Å². The molecule has 0 aromatic carbocycles. The first-order chi connectivity index (χ1) is 5.73. The molecule has 1 heterocycles. The van der Waals surface area contributed by atoms with Crippen LogP contribution in [0.25, 0.3) is 0 Å². The molecule has 1 rings (SSSR count). The molecule has 1 aliphatic heterocycles. The maximum Gasteiger partial charge on any atom is 0.0591 e. The molecule has 0 aromatic rings. The van der Waals surface area contributed by atoms with Crippen LogP contribution in [0.5, 0.6) is 0 Å². The van der Waals surface area contributed by atoms with Gasteiger partial charge in [0.15, 0.2) is 0 Å². The van der Waals surface area contributed by atoms with Gasteiger partial charge in [-0.25, -0.2) is 0 Å². The zero-order valence-electron chi connectivity index (χ0n) is 8.94. The Bertz CT molecular complexity index is 72.3. The second-order valence-electron chi connectivity index (χ2n) is 2.57. The van der Waals surface area contributed by atoms with Gasteiger partial charge >= 0.3 is 0 Å². The summed E-state index contributed by atoms with van der Waals surface area (Å²) in [6.07, 6.45) is 0. The summed E-state index contributed by atoms with van der Waals surface area (Å²) in [4.78, 5) is 0. The molecule has 0 unspecified atom stereocenters. The van der Waals surface area contributed by atoms with Crippen LogP contribution in [0, 0.1) is 0 Å². The maximum atomic E-state index is 5.01. The van der Waals surface area contributed by atoms with E-state index in [-0.39, 0.29) is 0 Å². The number of hydrogen-bond acceptors (Lipinski definition) is 2. The maximum absolute atomic E-state index is 5.01. The normalized spacial score (nSPS) is 14.7. The van der Waals surface area contributed by atoms with E-state index >= 15 is 0 Å². The first-order valence-electron chi connectivity index (χ1n) is 4.64. The van der Waals surface area contributed by atoms with Gasteiger partial charge in [-0.1, -0.05) is 19.4 Å². The van der Waals surface area contributed by atoms with E-state index in [9.17, 15) is 0 Å². The van der Waals surface area contributed by atoms with Crippen LogP contribution >= 0.6 is 0 Å². The highest BCUT2D eigenvalue weighted by atomic mass is 16.5. The van der Waals surface area contributed by atoms with E-state index < -0.39 is 0 Å². The van der Waals surface area contributed by atoms with Crippen LogP contribution in [-0.2, 0) is 4.74 Å². The lowest BCUT2D eigenvalue weighted by Crippen LogP contribution is -2.30. The van der Waals surface area contributed by atoms with Crippen molar-refractivity contribution in [3.63, 3.8) is 0 Å². The third-order valence-corrected chi connectivity index (χ3v) is 0.846. The Morgan fingerprint density at radius 1 is 1.17 bits per heavy atom. The van der Waals surface area contributed by atoms with Crippen LogP contribution in [0.4, 0.5) is 0 Å². The minimum absolute atomic E-state index is 0.889. The van der Waals surface area contributed by atoms with Gasteiger partial charge in [0.1, 0.15) is 0 Å². The largest absolute Gasteiger partial charge is 0.379 e. The van der Waals surface area contributed by atoms with Gasteiger partial charge in [-0.05, 0) is 13.8 Å². The summed E-state index contributed by atoms with van der Waals surface area (Å²) in [5.41, 5.74) is 1.17.